The van der Waals surface area contributed by atoms with E-state index in [2.05, 4.69) is 10.6 Å². The maximum atomic E-state index is 13.7. The van der Waals surface area contributed by atoms with Crippen molar-refractivity contribution >= 4 is 23.2 Å². The summed E-state index contributed by atoms with van der Waals surface area (Å²) in [6, 6.07) is 6.42. The second kappa shape index (κ2) is 7.16. The van der Waals surface area contributed by atoms with Crippen LogP contribution in [0.3, 0.4) is 0 Å². The van der Waals surface area contributed by atoms with Crippen molar-refractivity contribution in [2.75, 3.05) is 10.6 Å². The van der Waals surface area contributed by atoms with Gasteiger partial charge in [-0.2, -0.15) is 0 Å². The molecule has 0 fully saturated rings. The minimum atomic E-state index is -1.70. The van der Waals surface area contributed by atoms with Crippen molar-refractivity contribution < 1.29 is 22.8 Å². The van der Waals surface area contributed by atoms with Crippen LogP contribution in [-0.2, 0) is 11.2 Å². The molecular weight excluding hydrogens is 321 g/mol. The van der Waals surface area contributed by atoms with Gasteiger partial charge in [0.2, 0.25) is 5.91 Å². The highest BCUT2D eigenvalue weighted by molar-refractivity contribution is 6.05. The second-order valence-electron chi connectivity index (χ2n) is 5.08. The molecule has 2 N–H and O–H groups in total. The minimum Gasteiger partial charge on any atom is -0.326 e. The number of anilines is 2. The lowest BCUT2D eigenvalue weighted by Gasteiger charge is -2.13. The van der Waals surface area contributed by atoms with Crippen molar-refractivity contribution in [3.8, 4) is 0 Å². The maximum absolute atomic E-state index is 13.7. The molecule has 0 aliphatic rings. The average Bonchev–Trinajstić information content (AvgIpc) is 2.52. The number of nitrogens with one attached hydrogen (secondary N) is 2. The molecule has 7 heteroatoms. The summed E-state index contributed by atoms with van der Waals surface area (Å²) in [7, 11) is 0. The Morgan fingerprint density at radius 2 is 1.71 bits per heavy atom. The Morgan fingerprint density at radius 1 is 1.00 bits per heavy atom. The topological polar surface area (TPSA) is 58.2 Å². The standard InChI is InChI=1S/C17H15F3N2O2/c1-3-10-4-5-11(21-9(2)23)8-14(10)22-17(24)12-6-7-13(18)16(20)15(12)19/h4-8H,3H2,1-2H3,(H,21,23)(H,22,24). The van der Waals surface area contributed by atoms with E-state index in [9.17, 15) is 22.8 Å². The fourth-order valence-corrected chi connectivity index (χ4v) is 2.17. The molecule has 0 atom stereocenters. The Balaban J connectivity index is 2.34. The van der Waals surface area contributed by atoms with Gasteiger partial charge in [-0.15, -0.1) is 0 Å². The molecule has 126 valence electrons. The highest BCUT2D eigenvalue weighted by atomic mass is 19.2. The Labute approximate surface area is 136 Å². The number of hydrogen-bond donors (Lipinski definition) is 2. The third-order valence-electron chi connectivity index (χ3n) is 3.34. The lowest BCUT2D eigenvalue weighted by Crippen LogP contribution is -2.16. The van der Waals surface area contributed by atoms with E-state index in [1.165, 1.54) is 13.0 Å². The summed E-state index contributed by atoms with van der Waals surface area (Å²) in [6.45, 7) is 3.18. The van der Waals surface area contributed by atoms with Gasteiger partial charge in [0, 0.05) is 18.3 Å². The van der Waals surface area contributed by atoms with Crippen molar-refractivity contribution in [3.05, 3.63) is 58.9 Å². The van der Waals surface area contributed by atoms with Gasteiger partial charge in [0.05, 0.1) is 5.56 Å². The molecule has 0 saturated carbocycles. The van der Waals surface area contributed by atoms with Gasteiger partial charge < -0.3 is 10.6 Å². The second-order valence-corrected chi connectivity index (χ2v) is 5.08. The summed E-state index contributed by atoms with van der Waals surface area (Å²) in [5, 5.41) is 5.02. The molecule has 2 aromatic rings. The quantitative estimate of drug-likeness (QED) is 0.833. The molecule has 0 bridgehead atoms. The largest absolute Gasteiger partial charge is 0.326 e. The maximum Gasteiger partial charge on any atom is 0.258 e. The normalized spacial score (nSPS) is 10.4. The molecule has 0 aliphatic heterocycles. The summed E-state index contributed by atoms with van der Waals surface area (Å²) < 4.78 is 39.9. The SMILES string of the molecule is CCc1ccc(NC(C)=O)cc1NC(=O)c1ccc(F)c(F)c1F. The van der Waals surface area contributed by atoms with Crippen molar-refractivity contribution in [2.24, 2.45) is 0 Å². The molecule has 24 heavy (non-hydrogen) atoms. The third-order valence-corrected chi connectivity index (χ3v) is 3.34. The number of carbonyl (C=O) groups excluding carboxylic acids is 2. The molecule has 0 unspecified atom stereocenters. The van der Waals surface area contributed by atoms with Crippen LogP contribution in [0.1, 0.15) is 29.8 Å². The van der Waals surface area contributed by atoms with Crippen molar-refractivity contribution in [3.63, 3.8) is 0 Å². The van der Waals surface area contributed by atoms with Crippen LogP contribution in [0.5, 0.6) is 0 Å². The molecule has 0 aliphatic carbocycles. The number of rotatable bonds is 4. The van der Waals surface area contributed by atoms with Crippen LogP contribution < -0.4 is 10.6 Å². The summed E-state index contributed by atoms with van der Waals surface area (Å²) in [6.07, 6.45) is 0.566. The van der Waals surface area contributed by atoms with Gasteiger partial charge in [-0.1, -0.05) is 13.0 Å². The highest BCUT2D eigenvalue weighted by Crippen LogP contribution is 2.23. The van der Waals surface area contributed by atoms with Crippen LogP contribution in [0.4, 0.5) is 24.5 Å². The molecule has 0 heterocycles. The van der Waals surface area contributed by atoms with E-state index < -0.39 is 28.9 Å². The Morgan fingerprint density at radius 3 is 2.33 bits per heavy atom. The van der Waals surface area contributed by atoms with Crippen LogP contribution in [0.25, 0.3) is 0 Å². The van der Waals surface area contributed by atoms with E-state index in [1.54, 1.807) is 12.1 Å². The number of carbonyl (C=O) groups is 2. The van der Waals surface area contributed by atoms with Gasteiger partial charge >= 0.3 is 0 Å². The van der Waals surface area contributed by atoms with E-state index in [0.717, 1.165) is 11.6 Å². The average molecular weight is 336 g/mol. The zero-order valence-corrected chi connectivity index (χ0v) is 13.0. The fraction of sp³-hybridized carbons (Fsp3) is 0.176. The van der Waals surface area contributed by atoms with Gasteiger partial charge in [0.25, 0.3) is 5.91 Å². The third kappa shape index (κ3) is 3.73. The molecule has 0 radical (unpaired) electrons. The van der Waals surface area contributed by atoms with E-state index in [1.807, 2.05) is 6.92 Å². The first-order valence-electron chi connectivity index (χ1n) is 7.18. The lowest BCUT2D eigenvalue weighted by molar-refractivity contribution is -0.114. The Hall–Kier alpha value is -2.83. The molecule has 4 nitrogen and oxygen atoms in total. The van der Waals surface area contributed by atoms with E-state index in [-0.39, 0.29) is 5.91 Å². The zero-order valence-electron chi connectivity index (χ0n) is 13.0. The molecule has 0 aromatic heterocycles. The Kier molecular flexibility index (Phi) is 5.23. The number of aryl methyl sites for hydroxylation is 1. The van der Waals surface area contributed by atoms with Gasteiger partial charge in [-0.25, -0.2) is 13.2 Å². The summed E-state index contributed by atoms with van der Waals surface area (Å²) in [5.74, 6) is -5.83. The smallest absolute Gasteiger partial charge is 0.258 e. The van der Waals surface area contributed by atoms with Gasteiger partial charge in [-0.05, 0) is 36.2 Å². The predicted octanol–water partition coefficient (Wildman–Crippen LogP) is 3.88. The number of halogens is 3. The van der Waals surface area contributed by atoms with Crippen molar-refractivity contribution in [1.82, 2.24) is 0 Å². The van der Waals surface area contributed by atoms with Crippen LogP contribution in [0.15, 0.2) is 30.3 Å². The van der Waals surface area contributed by atoms with Gasteiger partial charge in [-0.3, -0.25) is 9.59 Å². The van der Waals surface area contributed by atoms with Crippen LogP contribution in [0, 0.1) is 17.5 Å². The molecular formula is C17H15F3N2O2. The summed E-state index contributed by atoms with van der Waals surface area (Å²) in [5.41, 5.74) is 0.917. The number of hydrogen-bond acceptors (Lipinski definition) is 2. The molecule has 2 amide bonds. The van der Waals surface area contributed by atoms with Crippen LogP contribution in [-0.4, -0.2) is 11.8 Å². The van der Waals surface area contributed by atoms with E-state index in [0.29, 0.717) is 23.9 Å². The summed E-state index contributed by atoms with van der Waals surface area (Å²) >= 11 is 0. The fourth-order valence-electron chi connectivity index (χ4n) is 2.17. The highest BCUT2D eigenvalue weighted by Gasteiger charge is 2.19. The molecule has 0 saturated heterocycles. The number of amides is 2. The first kappa shape index (κ1) is 17.5. The van der Waals surface area contributed by atoms with E-state index in [4.69, 9.17) is 0 Å². The minimum absolute atomic E-state index is 0.289. The molecule has 2 rings (SSSR count). The lowest BCUT2D eigenvalue weighted by atomic mass is 10.1. The van der Waals surface area contributed by atoms with Crippen molar-refractivity contribution in [1.29, 1.82) is 0 Å². The van der Waals surface area contributed by atoms with E-state index >= 15 is 0 Å². The monoisotopic (exact) mass is 336 g/mol. The Bertz CT molecular complexity index is 807. The molecule has 0 spiro atoms. The first-order chi connectivity index (χ1) is 11.3. The molecule has 2 aromatic carbocycles. The van der Waals surface area contributed by atoms with Gasteiger partial charge in [0.15, 0.2) is 17.5 Å². The summed E-state index contributed by atoms with van der Waals surface area (Å²) in [4.78, 5) is 23.3. The van der Waals surface area contributed by atoms with Crippen molar-refractivity contribution in [2.45, 2.75) is 20.3 Å². The predicted molar refractivity (Wildman–Crippen MR) is 84.4 cm³/mol. The first-order valence-corrected chi connectivity index (χ1v) is 7.18. The zero-order chi connectivity index (χ0) is 17.9. The number of benzene rings is 2. The van der Waals surface area contributed by atoms with Gasteiger partial charge in [0.1, 0.15) is 0 Å². The van der Waals surface area contributed by atoms with Crippen LogP contribution >= 0.6 is 0 Å². The van der Waals surface area contributed by atoms with Crippen LogP contribution in [0.2, 0.25) is 0 Å².